The third-order valence-corrected chi connectivity index (χ3v) is 10.8. The quantitative estimate of drug-likeness (QED) is 0.147. The summed E-state index contributed by atoms with van der Waals surface area (Å²) in [5.41, 5.74) is 15.0. The van der Waals surface area contributed by atoms with E-state index in [2.05, 4.69) is 251 Å². The zero-order chi connectivity index (χ0) is 38.0. The highest BCUT2D eigenvalue weighted by Gasteiger charge is 2.17. The molecule has 10 aromatic rings. The van der Waals surface area contributed by atoms with Crippen LogP contribution in [0.3, 0.4) is 0 Å². The Morgan fingerprint density at radius 2 is 0.526 bits per heavy atom. The van der Waals surface area contributed by atoms with Crippen molar-refractivity contribution in [1.82, 2.24) is 4.57 Å². The maximum atomic E-state index is 2.39. The zero-order valence-electron chi connectivity index (χ0n) is 31.4. The molecule has 9 aromatic carbocycles. The summed E-state index contributed by atoms with van der Waals surface area (Å²) in [6.45, 7) is 0. The van der Waals surface area contributed by atoms with Crippen LogP contribution in [-0.2, 0) is 0 Å². The number of hydrogen-bond acceptors (Lipinski definition) is 2. The predicted octanol–water partition coefficient (Wildman–Crippen LogP) is 15.1. The molecule has 0 saturated heterocycles. The lowest BCUT2D eigenvalue weighted by Crippen LogP contribution is -2.09. The average Bonchev–Trinajstić information content (AvgIpc) is 3.62. The van der Waals surface area contributed by atoms with Gasteiger partial charge in [-0.3, -0.25) is 0 Å². The van der Waals surface area contributed by atoms with E-state index in [1.807, 2.05) is 0 Å². The Kier molecular flexibility index (Phi) is 8.86. The van der Waals surface area contributed by atoms with E-state index in [4.69, 9.17) is 0 Å². The predicted molar refractivity (Wildman–Crippen MR) is 241 cm³/mol. The fourth-order valence-corrected chi connectivity index (χ4v) is 8.05. The van der Waals surface area contributed by atoms with Gasteiger partial charge in [-0.25, -0.2) is 0 Å². The van der Waals surface area contributed by atoms with Crippen LogP contribution in [0.2, 0.25) is 0 Å². The van der Waals surface area contributed by atoms with Gasteiger partial charge in [0.15, 0.2) is 0 Å². The second kappa shape index (κ2) is 14.9. The number of para-hydroxylation sites is 5. The minimum Gasteiger partial charge on any atom is -0.311 e. The maximum Gasteiger partial charge on any atom is 0.0541 e. The largest absolute Gasteiger partial charge is 0.311 e. The van der Waals surface area contributed by atoms with Crippen molar-refractivity contribution in [2.75, 3.05) is 9.80 Å². The average molecular weight is 730 g/mol. The third kappa shape index (κ3) is 6.52. The summed E-state index contributed by atoms with van der Waals surface area (Å²) in [7, 11) is 0. The Balaban J connectivity index is 1.05. The molecule has 3 nitrogen and oxygen atoms in total. The van der Waals surface area contributed by atoms with Gasteiger partial charge in [-0.2, -0.15) is 0 Å². The van der Waals surface area contributed by atoms with Gasteiger partial charge in [0.2, 0.25) is 0 Å². The number of benzene rings is 9. The highest BCUT2D eigenvalue weighted by Crippen LogP contribution is 2.40. The van der Waals surface area contributed by atoms with E-state index >= 15 is 0 Å². The van der Waals surface area contributed by atoms with Crippen molar-refractivity contribution >= 4 is 55.9 Å². The first-order valence-electron chi connectivity index (χ1n) is 19.4. The number of nitrogens with zero attached hydrogens (tertiary/aromatic N) is 3. The summed E-state index contributed by atoms with van der Waals surface area (Å²) in [5, 5.41) is 2.45. The Morgan fingerprint density at radius 3 is 0.860 bits per heavy atom. The van der Waals surface area contributed by atoms with Crippen LogP contribution in [0.4, 0.5) is 34.1 Å². The molecule has 0 aliphatic rings. The van der Waals surface area contributed by atoms with Crippen LogP contribution >= 0.6 is 0 Å². The Labute approximate surface area is 333 Å². The van der Waals surface area contributed by atoms with Crippen LogP contribution in [0.1, 0.15) is 0 Å². The van der Waals surface area contributed by atoms with Crippen molar-refractivity contribution in [2.24, 2.45) is 0 Å². The van der Waals surface area contributed by atoms with E-state index in [1.54, 1.807) is 0 Å². The molecular formula is C54H39N3. The molecule has 0 aliphatic carbocycles. The summed E-state index contributed by atoms with van der Waals surface area (Å²) >= 11 is 0. The molecule has 0 saturated carbocycles. The molecule has 0 atom stereocenters. The highest BCUT2D eigenvalue weighted by molar-refractivity contribution is 6.11. The van der Waals surface area contributed by atoms with Crippen LogP contribution in [0.5, 0.6) is 0 Å². The van der Waals surface area contributed by atoms with E-state index in [0.717, 1.165) is 39.8 Å². The lowest BCUT2D eigenvalue weighted by molar-refractivity contribution is 1.18. The molecule has 57 heavy (non-hydrogen) atoms. The summed E-state index contributed by atoms with van der Waals surface area (Å²) in [6, 6.07) is 84.6. The van der Waals surface area contributed by atoms with Crippen LogP contribution < -0.4 is 9.80 Å². The third-order valence-electron chi connectivity index (χ3n) is 10.8. The standard InChI is InChI=1S/C54H39N3/c1-6-16-44(17-7-1)55(45-18-8-2-9-19-45)49-32-26-40(27-33-49)42-30-36-53-51(38-42)52-39-43(31-37-54(52)57(53)48-24-14-5-15-25-48)41-28-34-50(35-29-41)56(46-20-10-3-11-21-46)47-22-12-4-13-23-47/h1-39H. The first-order valence-corrected chi connectivity index (χ1v) is 19.4. The number of rotatable bonds is 9. The van der Waals surface area contributed by atoms with Crippen molar-refractivity contribution in [3.63, 3.8) is 0 Å². The molecule has 10 rings (SSSR count). The highest BCUT2D eigenvalue weighted by atomic mass is 15.1. The summed E-state index contributed by atoms with van der Waals surface area (Å²) in [4.78, 5) is 4.60. The molecule has 1 heterocycles. The van der Waals surface area contributed by atoms with Crippen LogP contribution in [0.25, 0.3) is 49.7 Å². The molecule has 0 unspecified atom stereocenters. The summed E-state index contributed by atoms with van der Waals surface area (Å²) in [5.74, 6) is 0. The minimum absolute atomic E-state index is 1.12. The number of aromatic nitrogens is 1. The van der Waals surface area contributed by atoms with Crippen LogP contribution in [-0.4, -0.2) is 4.57 Å². The first kappa shape index (κ1) is 33.9. The molecule has 0 spiro atoms. The van der Waals surface area contributed by atoms with Gasteiger partial charge in [0.1, 0.15) is 0 Å². The van der Waals surface area contributed by atoms with E-state index in [0.29, 0.717) is 0 Å². The van der Waals surface area contributed by atoms with Gasteiger partial charge in [0, 0.05) is 50.6 Å². The van der Waals surface area contributed by atoms with E-state index < -0.39 is 0 Å². The number of hydrogen-bond donors (Lipinski definition) is 0. The Morgan fingerprint density at radius 1 is 0.246 bits per heavy atom. The molecule has 0 radical (unpaired) electrons. The monoisotopic (exact) mass is 729 g/mol. The molecule has 0 N–H and O–H groups in total. The van der Waals surface area contributed by atoms with Gasteiger partial charge in [-0.15, -0.1) is 0 Å². The fraction of sp³-hybridized carbons (Fsp3) is 0. The van der Waals surface area contributed by atoms with Crippen LogP contribution in [0.15, 0.2) is 237 Å². The smallest absolute Gasteiger partial charge is 0.0541 e. The lowest BCUT2D eigenvalue weighted by atomic mass is 9.99. The van der Waals surface area contributed by atoms with Crippen molar-refractivity contribution in [3.8, 4) is 27.9 Å². The number of fused-ring (bicyclic) bond motifs is 3. The van der Waals surface area contributed by atoms with Gasteiger partial charge < -0.3 is 14.4 Å². The fourth-order valence-electron chi connectivity index (χ4n) is 8.05. The van der Waals surface area contributed by atoms with Gasteiger partial charge in [-0.1, -0.05) is 127 Å². The second-order valence-electron chi connectivity index (χ2n) is 14.2. The summed E-state index contributed by atoms with van der Waals surface area (Å²) in [6.07, 6.45) is 0. The van der Waals surface area contributed by atoms with Crippen molar-refractivity contribution in [1.29, 1.82) is 0 Å². The lowest BCUT2D eigenvalue weighted by Gasteiger charge is -2.25. The van der Waals surface area contributed by atoms with E-state index in [1.165, 1.54) is 44.1 Å². The Hall–Kier alpha value is -7.62. The van der Waals surface area contributed by atoms with Crippen molar-refractivity contribution < 1.29 is 0 Å². The van der Waals surface area contributed by atoms with Gasteiger partial charge in [0.05, 0.1) is 11.0 Å². The number of anilines is 6. The first-order chi connectivity index (χ1) is 28.3. The Bertz CT molecular complexity index is 2640. The van der Waals surface area contributed by atoms with E-state index in [9.17, 15) is 0 Å². The van der Waals surface area contributed by atoms with Gasteiger partial charge >= 0.3 is 0 Å². The topological polar surface area (TPSA) is 11.4 Å². The minimum atomic E-state index is 1.12. The molecule has 1 aromatic heterocycles. The summed E-state index contributed by atoms with van der Waals surface area (Å²) < 4.78 is 2.39. The molecule has 0 bridgehead atoms. The SMILES string of the molecule is c1ccc(N(c2ccccc2)c2ccc(-c3ccc4c(c3)c3cc(-c5ccc(N(c6ccccc6)c6ccccc6)cc5)ccc3n4-c3ccccc3)cc2)cc1. The molecule has 0 fully saturated rings. The molecule has 0 aliphatic heterocycles. The molecule has 270 valence electrons. The maximum absolute atomic E-state index is 2.39. The van der Waals surface area contributed by atoms with Crippen molar-refractivity contribution in [3.05, 3.63) is 237 Å². The normalized spacial score (nSPS) is 11.2. The molecule has 3 heteroatoms. The second-order valence-corrected chi connectivity index (χ2v) is 14.2. The van der Waals surface area contributed by atoms with Gasteiger partial charge in [0.25, 0.3) is 0 Å². The molecular weight excluding hydrogens is 691 g/mol. The molecule has 0 amide bonds. The van der Waals surface area contributed by atoms with E-state index in [-0.39, 0.29) is 0 Å². The van der Waals surface area contributed by atoms with Gasteiger partial charge in [-0.05, 0) is 131 Å². The van der Waals surface area contributed by atoms with Crippen LogP contribution in [0, 0.1) is 0 Å². The zero-order valence-corrected chi connectivity index (χ0v) is 31.4. The van der Waals surface area contributed by atoms with Crippen molar-refractivity contribution in [2.45, 2.75) is 0 Å².